The molecule has 0 aliphatic heterocycles. The number of alkyl halides is 1. The zero-order chi connectivity index (χ0) is 18.0. The standard InChI is InChI=1S/C19H16Cl2N2O2/c1-23(11-12-2-5-14(21)6-3-12)19(25)16-10-22-17-7-4-13(9-20)8-15(17)18(16)24/h2-8,10H,9,11H2,1H3,(H,22,24). The molecule has 1 amide bonds. The van der Waals surface area contributed by atoms with Crippen LogP contribution in [0.5, 0.6) is 0 Å². The summed E-state index contributed by atoms with van der Waals surface area (Å²) in [7, 11) is 1.66. The number of nitrogens with one attached hydrogen (secondary N) is 1. The van der Waals surface area contributed by atoms with E-state index in [1.54, 1.807) is 31.3 Å². The topological polar surface area (TPSA) is 53.2 Å². The minimum atomic E-state index is -0.339. The van der Waals surface area contributed by atoms with E-state index in [1.165, 1.54) is 11.1 Å². The third kappa shape index (κ3) is 3.70. The molecule has 0 aliphatic carbocycles. The molecule has 1 aromatic heterocycles. The van der Waals surface area contributed by atoms with Crippen LogP contribution in [0.4, 0.5) is 0 Å². The van der Waals surface area contributed by atoms with Crippen molar-refractivity contribution in [3.05, 3.63) is 80.6 Å². The van der Waals surface area contributed by atoms with Crippen LogP contribution in [0.2, 0.25) is 5.02 Å². The summed E-state index contributed by atoms with van der Waals surface area (Å²) in [5, 5.41) is 1.10. The average molecular weight is 375 g/mol. The quantitative estimate of drug-likeness (QED) is 0.696. The van der Waals surface area contributed by atoms with Crippen LogP contribution in [0.1, 0.15) is 21.5 Å². The van der Waals surface area contributed by atoms with Crippen LogP contribution in [0.25, 0.3) is 10.9 Å². The predicted octanol–water partition coefficient (Wildman–Crippen LogP) is 4.19. The van der Waals surface area contributed by atoms with Crippen LogP contribution in [0.15, 0.2) is 53.5 Å². The Labute approximate surface area is 155 Å². The minimum absolute atomic E-state index is 0.107. The highest BCUT2D eigenvalue weighted by molar-refractivity contribution is 6.30. The van der Waals surface area contributed by atoms with Gasteiger partial charge in [-0.25, -0.2) is 0 Å². The second kappa shape index (κ2) is 7.30. The number of carbonyl (C=O) groups excluding carboxylic acids is 1. The first-order valence-electron chi connectivity index (χ1n) is 7.70. The van der Waals surface area contributed by atoms with Gasteiger partial charge in [-0.1, -0.05) is 29.8 Å². The minimum Gasteiger partial charge on any atom is -0.360 e. The molecule has 0 bridgehead atoms. The van der Waals surface area contributed by atoms with Crippen LogP contribution in [0, 0.1) is 0 Å². The zero-order valence-corrected chi connectivity index (χ0v) is 15.1. The Bertz CT molecular complexity index is 981. The zero-order valence-electron chi connectivity index (χ0n) is 13.6. The van der Waals surface area contributed by atoms with Crippen molar-refractivity contribution >= 4 is 40.0 Å². The number of aromatic amines is 1. The van der Waals surface area contributed by atoms with Gasteiger partial charge in [-0.15, -0.1) is 11.6 Å². The Morgan fingerprint density at radius 1 is 1.12 bits per heavy atom. The molecule has 0 saturated heterocycles. The maximum absolute atomic E-state index is 12.7. The number of pyridine rings is 1. The van der Waals surface area contributed by atoms with Gasteiger partial charge in [-0.05, 0) is 35.4 Å². The van der Waals surface area contributed by atoms with E-state index < -0.39 is 0 Å². The monoisotopic (exact) mass is 374 g/mol. The molecule has 128 valence electrons. The van der Waals surface area contributed by atoms with E-state index in [9.17, 15) is 9.59 Å². The molecular formula is C19H16Cl2N2O2. The maximum atomic E-state index is 12.7. The summed E-state index contributed by atoms with van der Waals surface area (Å²) < 4.78 is 0. The predicted molar refractivity (Wildman–Crippen MR) is 101 cm³/mol. The van der Waals surface area contributed by atoms with Gasteiger partial charge in [0.15, 0.2) is 0 Å². The van der Waals surface area contributed by atoms with Crippen molar-refractivity contribution in [2.75, 3.05) is 7.05 Å². The van der Waals surface area contributed by atoms with E-state index in [-0.39, 0.29) is 16.9 Å². The molecule has 0 fully saturated rings. The Balaban J connectivity index is 1.92. The third-order valence-corrected chi connectivity index (χ3v) is 4.57. The average Bonchev–Trinajstić information content (AvgIpc) is 2.63. The molecule has 0 atom stereocenters. The van der Waals surface area contributed by atoms with Crippen LogP contribution in [-0.2, 0) is 12.4 Å². The van der Waals surface area contributed by atoms with Gasteiger partial charge in [0.05, 0.1) is 0 Å². The molecule has 4 nitrogen and oxygen atoms in total. The Morgan fingerprint density at radius 3 is 2.48 bits per heavy atom. The molecule has 0 radical (unpaired) electrons. The number of hydrogen-bond donors (Lipinski definition) is 1. The molecule has 25 heavy (non-hydrogen) atoms. The van der Waals surface area contributed by atoms with Gasteiger partial charge >= 0.3 is 0 Å². The number of H-pyrrole nitrogens is 1. The number of aromatic nitrogens is 1. The van der Waals surface area contributed by atoms with Crippen LogP contribution in [-0.4, -0.2) is 22.8 Å². The normalized spacial score (nSPS) is 10.8. The fourth-order valence-corrected chi connectivity index (χ4v) is 2.94. The highest BCUT2D eigenvalue weighted by Gasteiger charge is 2.17. The van der Waals surface area contributed by atoms with Crippen molar-refractivity contribution < 1.29 is 4.79 Å². The first-order chi connectivity index (χ1) is 12.0. The van der Waals surface area contributed by atoms with E-state index in [0.29, 0.717) is 28.4 Å². The lowest BCUT2D eigenvalue weighted by Crippen LogP contribution is -2.30. The van der Waals surface area contributed by atoms with Gasteiger partial charge in [-0.3, -0.25) is 9.59 Å². The lowest BCUT2D eigenvalue weighted by molar-refractivity contribution is 0.0783. The maximum Gasteiger partial charge on any atom is 0.259 e. The van der Waals surface area contributed by atoms with E-state index in [1.807, 2.05) is 18.2 Å². The SMILES string of the molecule is CN(Cc1ccc(Cl)cc1)C(=O)c1c[nH]c2ccc(CCl)cc2c1=O. The van der Waals surface area contributed by atoms with E-state index in [2.05, 4.69) is 4.98 Å². The number of nitrogens with zero attached hydrogens (tertiary/aromatic N) is 1. The summed E-state index contributed by atoms with van der Waals surface area (Å²) in [4.78, 5) is 29.9. The smallest absolute Gasteiger partial charge is 0.259 e. The van der Waals surface area contributed by atoms with Crippen molar-refractivity contribution in [2.24, 2.45) is 0 Å². The molecule has 0 spiro atoms. The molecule has 0 unspecified atom stereocenters. The highest BCUT2D eigenvalue weighted by atomic mass is 35.5. The number of benzene rings is 2. The van der Waals surface area contributed by atoms with Crippen molar-refractivity contribution in [1.29, 1.82) is 0 Å². The number of rotatable bonds is 4. The first kappa shape index (κ1) is 17.5. The van der Waals surface area contributed by atoms with Crippen LogP contribution in [0.3, 0.4) is 0 Å². The van der Waals surface area contributed by atoms with Crippen molar-refractivity contribution in [3.8, 4) is 0 Å². The summed E-state index contributed by atoms with van der Waals surface area (Å²) in [6.07, 6.45) is 1.46. The van der Waals surface area contributed by atoms with Gasteiger partial charge in [0.2, 0.25) is 5.43 Å². The number of carbonyl (C=O) groups is 1. The number of fused-ring (bicyclic) bond motifs is 1. The van der Waals surface area contributed by atoms with Gasteiger partial charge in [0.1, 0.15) is 5.56 Å². The fraction of sp³-hybridized carbons (Fsp3) is 0.158. The van der Waals surface area contributed by atoms with Gasteiger partial charge < -0.3 is 9.88 Å². The molecule has 1 heterocycles. The molecular weight excluding hydrogens is 359 g/mol. The summed E-state index contributed by atoms with van der Waals surface area (Å²) in [5.74, 6) is -0.0290. The van der Waals surface area contributed by atoms with E-state index >= 15 is 0 Å². The van der Waals surface area contributed by atoms with Gasteiger partial charge in [0.25, 0.3) is 5.91 Å². The number of amides is 1. The van der Waals surface area contributed by atoms with E-state index in [4.69, 9.17) is 23.2 Å². The van der Waals surface area contributed by atoms with Crippen molar-refractivity contribution in [1.82, 2.24) is 9.88 Å². The molecule has 1 N–H and O–H groups in total. The second-order valence-electron chi connectivity index (χ2n) is 5.83. The fourth-order valence-electron chi connectivity index (χ4n) is 2.65. The molecule has 3 aromatic rings. The molecule has 3 rings (SSSR count). The molecule has 2 aromatic carbocycles. The Hall–Kier alpha value is -2.30. The summed E-state index contributed by atoms with van der Waals surface area (Å²) in [6, 6.07) is 12.6. The van der Waals surface area contributed by atoms with Crippen molar-refractivity contribution in [2.45, 2.75) is 12.4 Å². The summed E-state index contributed by atoms with van der Waals surface area (Å²) >= 11 is 11.7. The van der Waals surface area contributed by atoms with E-state index in [0.717, 1.165) is 11.1 Å². The molecule has 0 saturated carbocycles. The third-order valence-electron chi connectivity index (χ3n) is 4.01. The van der Waals surface area contributed by atoms with Gasteiger partial charge in [0, 0.05) is 41.6 Å². The van der Waals surface area contributed by atoms with Gasteiger partial charge in [-0.2, -0.15) is 0 Å². The summed E-state index contributed by atoms with van der Waals surface area (Å²) in [5.41, 5.74) is 2.25. The second-order valence-corrected chi connectivity index (χ2v) is 6.54. The Morgan fingerprint density at radius 2 is 1.80 bits per heavy atom. The Kier molecular flexibility index (Phi) is 5.11. The molecule has 6 heteroatoms. The highest BCUT2D eigenvalue weighted by Crippen LogP contribution is 2.15. The largest absolute Gasteiger partial charge is 0.360 e. The number of halogens is 2. The van der Waals surface area contributed by atoms with Crippen LogP contribution < -0.4 is 5.43 Å². The first-order valence-corrected chi connectivity index (χ1v) is 8.61. The molecule has 0 aliphatic rings. The lowest BCUT2D eigenvalue weighted by Gasteiger charge is -2.17. The lowest BCUT2D eigenvalue weighted by atomic mass is 10.1. The summed E-state index contributed by atoms with van der Waals surface area (Å²) in [6.45, 7) is 0.384. The number of hydrogen-bond acceptors (Lipinski definition) is 2. The van der Waals surface area contributed by atoms with Crippen molar-refractivity contribution in [3.63, 3.8) is 0 Å². The van der Waals surface area contributed by atoms with Crippen LogP contribution >= 0.6 is 23.2 Å².